The van der Waals surface area contributed by atoms with Crippen molar-refractivity contribution in [3.8, 4) is 11.8 Å². The third-order valence-corrected chi connectivity index (χ3v) is 6.70. The zero-order chi connectivity index (χ0) is 28.3. The van der Waals surface area contributed by atoms with Crippen molar-refractivity contribution >= 4 is 23.2 Å². The first kappa shape index (κ1) is 27.1. The maximum atomic E-state index is 14.0. The van der Waals surface area contributed by atoms with Gasteiger partial charge in [0.15, 0.2) is 5.65 Å². The number of nitrogens with two attached hydrogens (primary N) is 1. The molecule has 12 heteroatoms. The summed E-state index contributed by atoms with van der Waals surface area (Å²) in [6.45, 7) is 6.19. The second-order valence-corrected chi connectivity index (χ2v) is 9.39. The molecule has 1 aliphatic heterocycles. The highest BCUT2D eigenvalue weighted by molar-refractivity contribution is 6.04. The van der Waals surface area contributed by atoms with Gasteiger partial charge in [-0.15, -0.1) is 5.10 Å². The summed E-state index contributed by atoms with van der Waals surface area (Å²) in [6, 6.07) is 10.2. The van der Waals surface area contributed by atoms with Crippen LogP contribution in [0, 0.1) is 11.8 Å². The van der Waals surface area contributed by atoms with E-state index >= 15 is 0 Å². The lowest BCUT2D eigenvalue weighted by Crippen LogP contribution is -2.45. The van der Waals surface area contributed by atoms with Crippen molar-refractivity contribution in [2.24, 2.45) is 0 Å². The van der Waals surface area contributed by atoms with E-state index in [-0.39, 0.29) is 23.5 Å². The summed E-state index contributed by atoms with van der Waals surface area (Å²) < 4.78 is 43.4. The molecule has 4 aromatic rings. The van der Waals surface area contributed by atoms with Gasteiger partial charge >= 0.3 is 6.18 Å². The van der Waals surface area contributed by atoms with Crippen LogP contribution in [-0.2, 0) is 12.7 Å². The van der Waals surface area contributed by atoms with Gasteiger partial charge in [-0.1, -0.05) is 18.9 Å². The molecule has 0 atom stereocenters. The second kappa shape index (κ2) is 11.3. The summed E-state index contributed by atoms with van der Waals surface area (Å²) in [5.74, 6) is 5.68. The molecular formula is C28H27F3N8O. The van der Waals surface area contributed by atoms with Gasteiger partial charge in [-0.05, 0) is 54.4 Å². The van der Waals surface area contributed by atoms with E-state index in [0.29, 0.717) is 35.8 Å². The number of nitrogen functional groups attached to an aromatic ring is 1. The third-order valence-electron chi connectivity index (χ3n) is 6.70. The number of hydrogen-bond donors (Lipinski definition) is 2. The molecule has 9 nitrogen and oxygen atoms in total. The Morgan fingerprint density at radius 1 is 1.02 bits per heavy atom. The smallest absolute Gasteiger partial charge is 0.382 e. The Morgan fingerprint density at radius 2 is 1.80 bits per heavy atom. The minimum atomic E-state index is -4.60. The maximum absolute atomic E-state index is 14.0. The first-order valence-electron chi connectivity index (χ1n) is 12.7. The number of imidazole rings is 1. The maximum Gasteiger partial charge on any atom is 0.416 e. The zero-order valence-corrected chi connectivity index (χ0v) is 21.7. The van der Waals surface area contributed by atoms with Gasteiger partial charge in [-0.3, -0.25) is 9.69 Å². The molecule has 3 N–H and O–H groups in total. The largest absolute Gasteiger partial charge is 0.416 e. The summed E-state index contributed by atoms with van der Waals surface area (Å²) in [4.78, 5) is 25.5. The number of piperazine rings is 1. The van der Waals surface area contributed by atoms with Gasteiger partial charge in [0.05, 0.1) is 11.8 Å². The molecule has 0 aliphatic carbocycles. The summed E-state index contributed by atoms with van der Waals surface area (Å²) in [6.07, 6.45) is -1.58. The van der Waals surface area contributed by atoms with Crippen LogP contribution in [0.3, 0.4) is 0 Å². The summed E-state index contributed by atoms with van der Waals surface area (Å²) in [5.41, 5.74) is 6.59. The third kappa shape index (κ3) is 6.22. The first-order valence-corrected chi connectivity index (χ1v) is 12.7. The fourth-order valence-electron chi connectivity index (χ4n) is 4.50. The van der Waals surface area contributed by atoms with E-state index in [4.69, 9.17) is 5.73 Å². The summed E-state index contributed by atoms with van der Waals surface area (Å²) in [7, 11) is 0. The number of nitrogens with zero attached hydrogens (tertiary/aromatic N) is 6. The molecule has 4 heterocycles. The van der Waals surface area contributed by atoms with Crippen LogP contribution >= 0.6 is 0 Å². The molecule has 5 rings (SSSR count). The Balaban J connectivity index is 1.31. The number of carbonyl (C=O) groups excluding carboxylic acids is 1. The standard InChI is InChI=1S/C28H27F3N8O/c1-2-37-11-13-38(14-12-37)18-21-5-4-20(16-23(21)28(29,30)31)27(40)35-25-15-19(9-10-33-25)3-6-22-17-34-26-8-7-24(32)36-39(22)26/h4-5,7-10,15-17H,2,11-14,18H2,1H3,(H2,32,36)(H,33,35,40). The second-order valence-electron chi connectivity index (χ2n) is 9.39. The lowest BCUT2D eigenvalue weighted by molar-refractivity contribution is -0.138. The summed E-state index contributed by atoms with van der Waals surface area (Å²) in [5, 5.41) is 6.76. The number of halogens is 3. The van der Waals surface area contributed by atoms with Gasteiger partial charge in [0.1, 0.15) is 17.3 Å². The molecule has 0 radical (unpaired) electrons. The Bertz CT molecular complexity index is 1600. The Morgan fingerprint density at radius 3 is 2.55 bits per heavy atom. The first-order chi connectivity index (χ1) is 19.2. The molecule has 1 aliphatic rings. The summed E-state index contributed by atoms with van der Waals surface area (Å²) >= 11 is 0. The van der Waals surface area contributed by atoms with E-state index in [9.17, 15) is 18.0 Å². The molecule has 1 fully saturated rings. The lowest BCUT2D eigenvalue weighted by atomic mass is 10.0. The van der Waals surface area contributed by atoms with E-state index < -0.39 is 17.6 Å². The van der Waals surface area contributed by atoms with Crippen LogP contribution in [0.25, 0.3) is 5.65 Å². The molecule has 1 saturated heterocycles. The normalized spacial score (nSPS) is 14.6. The predicted octanol–water partition coefficient (Wildman–Crippen LogP) is 3.51. The topological polar surface area (TPSA) is 105 Å². The van der Waals surface area contributed by atoms with Gasteiger partial charge in [-0.25, -0.2) is 14.5 Å². The highest BCUT2D eigenvalue weighted by atomic mass is 19.4. The highest BCUT2D eigenvalue weighted by Crippen LogP contribution is 2.33. The number of alkyl halides is 3. The number of rotatable bonds is 5. The van der Waals surface area contributed by atoms with Crippen molar-refractivity contribution in [1.82, 2.24) is 29.4 Å². The van der Waals surface area contributed by atoms with Crippen LogP contribution in [0.2, 0.25) is 0 Å². The fourth-order valence-corrected chi connectivity index (χ4v) is 4.50. The number of benzene rings is 1. The van der Waals surface area contributed by atoms with Crippen molar-refractivity contribution in [2.75, 3.05) is 43.8 Å². The number of amides is 1. The van der Waals surface area contributed by atoms with Gasteiger partial charge < -0.3 is 16.0 Å². The number of aromatic nitrogens is 4. The molecule has 3 aromatic heterocycles. The van der Waals surface area contributed by atoms with E-state index in [1.54, 1.807) is 24.4 Å². The van der Waals surface area contributed by atoms with E-state index in [0.717, 1.165) is 25.7 Å². The monoisotopic (exact) mass is 548 g/mol. The van der Waals surface area contributed by atoms with Crippen molar-refractivity contribution < 1.29 is 18.0 Å². The van der Waals surface area contributed by atoms with Gasteiger partial charge in [0.25, 0.3) is 5.91 Å². The number of carbonyl (C=O) groups is 1. The Hall–Kier alpha value is -4.47. The van der Waals surface area contributed by atoms with Gasteiger partial charge in [-0.2, -0.15) is 13.2 Å². The van der Waals surface area contributed by atoms with Crippen molar-refractivity contribution in [3.63, 3.8) is 0 Å². The average Bonchev–Trinajstić information content (AvgIpc) is 3.34. The number of nitrogens with one attached hydrogen (secondary N) is 1. The van der Waals surface area contributed by atoms with Crippen molar-refractivity contribution in [1.29, 1.82) is 0 Å². The van der Waals surface area contributed by atoms with Crippen molar-refractivity contribution in [3.05, 3.63) is 82.8 Å². The lowest BCUT2D eigenvalue weighted by Gasteiger charge is -2.34. The minimum absolute atomic E-state index is 0.112. The van der Waals surface area contributed by atoms with E-state index in [1.807, 2.05) is 4.90 Å². The number of anilines is 2. The minimum Gasteiger partial charge on any atom is -0.382 e. The number of likely N-dealkylation sites (N-methyl/N-ethyl adjacent to an activating group) is 1. The SMILES string of the molecule is CCN1CCN(Cc2ccc(C(=O)Nc3cc(C#Cc4cnc5ccc(N)nn45)ccn3)cc2C(F)(F)F)CC1. The molecular weight excluding hydrogens is 521 g/mol. The highest BCUT2D eigenvalue weighted by Gasteiger charge is 2.34. The molecule has 40 heavy (non-hydrogen) atoms. The quantitative estimate of drug-likeness (QED) is 0.368. The number of hydrogen-bond acceptors (Lipinski definition) is 7. The molecule has 206 valence electrons. The Kier molecular flexibility index (Phi) is 7.68. The van der Waals surface area contributed by atoms with Gasteiger partial charge in [0, 0.05) is 50.0 Å². The van der Waals surface area contributed by atoms with Crippen LogP contribution in [0.5, 0.6) is 0 Å². The molecule has 0 spiro atoms. The van der Waals surface area contributed by atoms with Crippen LogP contribution in [-0.4, -0.2) is 68.0 Å². The zero-order valence-electron chi connectivity index (χ0n) is 21.7. The van der Waals surface area contributed by atoms with Crippen LogP contribution in [0.4, 0.5) is 24.8 Å². The molecule has 1 aromatic carbocycles. The molecule has 0 bridgehead atoms. The van der Waals surface area contributed by atoms with E-state index in [2.05, 4.69) is 44.0 Å². The van der Waals surface area contributed by atoms with Gasteiger partial charge in [0.2, 0.25) is 0 Å². The Labute approximate surface area is 228 Å². The van der Waals surface area contributed by atoms with Crippen LogP contribution in [0.15, 0.2) is 54.9 Å². The average molecular weight is 549 g/mol. The van der Waals surface area contributed by atoms with Crippen LogP contribution in [0.1, 0.15) is 39.7 Å². The molecule has 0 saturated carbocycles. The fraction of sp³-hybridized carbons (Fsp3) is 0.286. The number of fused-ring (bicyclic) bond motifs is 1. The van der Waals surface area contributed by atoms with Crippen molar-refractivity contribution in [2.45, 2.75) is 19.6 Å². The number of pyridine rings is 1. The molecule has 1 amide bonds. The van der Waals surface area contributed by atoms with Crippen LogP contribution < -0.4 is 11.1 Å². The van der Waals surface area contributed by atoms with E-state index in [1.165, 1.54) is 28.9 Å². The predicted molar refractivity (Wildman–Crippen MR) is 144 cm³/mol. The molecule has 0 unspecified atom stereocenters.